The third-order valence-corrected chi connectivity index (χ3v) is 7.21. The molecule has 4 heterocycles. The van der Waals surface area contributed by atoms with E-state index in [4.69, 9.17) is 4.74 Å². The van der Waals surface area contributed by atoms with Gasteiger partial charge in [-0.15, -0.1) is 11.8 Å². The van der Waals surface area contributed by atoms with Crippen LogP contribution in [0.5, 0.6) is 0 Å². The molecule has 2 aliphatic rings. The molecule has 2 saturated heterocycles. The summed E-state index contributed by atoms with van der Waals surface area (Å²) in [6.07, 6.45) is 6.28. The van der Waals surface area contributed by atoms with Crippen LogP contribution in [0.2, 0.25) is 0 Å². The number of aromatic nitrogens is 2. The number of nitrogens with one attached hydrogen (secondary N) is 1. The zero-order chi connectivity index (χ0) is 20.0. The number of pyridine rings is 1. The van der Waals surface area contributed by atoms with Gasteiger partial charge in [-0.3, -0.25) is 4.79 Å². The molecule has 0 unspecified atom stereocenters. The maximum Gasteiger partial charge on any atom is 0.274 e. The molecule has 0 bridgehead atoms. The second-order valence-corrected chi connectivity index (χ2v) is 9.62. The van der Waals surface area contributed by atoms with Gasteiger partial charge >= 0.3 is 0 Å². The van der Waals surface area contributed by atoms with Crippen LogP contribution in [0.4, 0.5) is 5.69 Å². The number of aryl methyl sites for hydroxylation is 1. The molecule has 3 aromatic rings. The normalized spacial score (nSPS) is 17.5. The van der Waals surface area contributed by atoms with E-state index < -0.39 is 0 Å². The summed E-state index contributed by atoms with van der Waals surface area (Å²) in [5.41, 5.74) is 4.62. The Kier molecular flexibility index (Phi) is 4.71. The lowest BCUT2D eigenvalue weighted by Crippen LogP contribution is -2.66. The Morgan fingerprint density at radius 2 is 2.03 bits per heavy atom. The number of unbranched alkanes of at least 4 members (excludes halogenated alkanes) is 1. The van der Waals surface area contributed by atoms with Gasteiger partial charge in [0, 0.05) is 59.6 Å². The monoisotopic (exact) mass is 409 g/mol. The molecule has 1 aromatic carbocycles. The van der Waals surface area contributed by atoms with Gasteiger partial charge in [0.1, 0.15) is 5.52 Å². The number of benzene rings is 1. The molecular weight excluding hydrogens is 382 g/mol. The van der Waals surface area contributed by atoms with Crippen LogP contribution in [0.15, 0.2) is 46.3 Å². The number of ether oxygens (including phenoxy) is 1. The number of H-pyrrole nitrogens is 1. The van der Waals surface area contributed by atoms with Gasteiger partial charge in [-0.2, -0.15) is 0 Å². The molecule has 6 heteroatoms. The van der Waals surface area contributed by atoms with Crippen molar-refractivity contribution >= 4 is 28.4 Å². The second kappa shape index (κ2) is 7.26. The highest BCUT2D eigenvalue weighted by Gasteiger charge is 2.49. The Balaban J connectivity index is 1.59. The van der Waals surface area contributed by atoms with Crippen LogP contribution in [0.3, 0.4) is 0 Å². The molecule has 2 aromatic heterocycles. The minimum Gasteiger partial charge on any atom is -0.380 e. The van der Waals surface area contributed by atoms with Gasteiger partial charge < -0.3 is 19.2 Å². The second-order valence-electron chi connectivity index (χ2n) is 8.46. The number of anilines is 1. The van der Waals surface area contributed by atoms with Crippen molar-refractivity contribution in [3.63, 3.8) is 0 Å². The SMILES string of the molecule is CCCCSc1ccc(N2CC3(COC3)C2)c(-c2cn(C)c(=O)c3[nH]ccc23)c1. The lowest BCUT2D eigenvalue weighted by molar-refractivity contribution is -0.127. The van der Waals surface area contributed by atoms with Gasteiger partial charge in [0.15, 0.2) is 0 Å². The van der Waals surface area contributed by atoms with Gasteiger partial charge in [-0.25, -0.2) is 0 Å². The number of hydrogen-bond acceptors (Lipinski definition) is 4. The summed E-state index contributed by atoms with van der Waals surface area (Å²) in [6, 6.07) is 8.84. The lowest BCUT2D eigenvalue weighted by Gasteiger charge is -2.56. The van der Waals surface area contributed by atoms with Crippen LogP contribution in [-0.2, 0) is 11.8 Å². The van der Waals surface area contributed by atoms with Crippen LogP contribution in [0.25, 0.3) is 22.0 Å². The first kappa shape index (κ1) is 18.8. The molecular formula is C23H27N3O2S. The van der Waals surface area contributed by atoms with E-state index in [1.165, 1.54) is 29.0 Å². The standard InChI is InChI=1S/C23H27N3O2S/c1-3-4-9-29-16-5-6-20(26-12-23(13-26)14-28-15-23)18(10-16)19-11-25(2)22(27)21-17(19)7-8-24-21/h5-8,10-11,24H,3-4,9,12-15H2,1-2H3. The summed E-state index contributed by atoms with van der Waals surface area (Å²) in [5, 5.41) is 0.993. The number of nitrogens with zero attached hydrogens (tertiary/aromatic N) is 2. The summed E-state index contributed by atoms with van der Waals surface area (Å²) in [4.78, 5) is 19.4. The summed E-state index contributed by atoms with van der Waals surface area (Å²) in [6.45, 7) is 6.08. The minimum atomic E-state index is 0.0123. The zero-order valence-electron chi connectivity index (χ0n) is 17.0. The summed E-state index contributed by atoms with van der Waals surface area (Å²) >= 11 is 1.92. The molecule has 1 spiro atoms. The molecule has 0 aliphatic carbocycles. The Bertz CT molecular complexity index is 1100. The molecule has 0 saturated carbocycles. The zero-order valence-corrected chi connectivity index (χ0v) is 17.8. The van der Waals surface area contributed by atoms with Crippen molar-refractivity contribution in [3.05, 3.63) is 47.0 Å². The van der Waals surface area contributed by atoms with Crippen molar-refractivity contribution in [2.75, 3.05) is 37.0 Å². The summed E-state index contributed by atoms with van der Waals surface area (Å²) in [7, 11) is 1.83. The van der Waals surface area contributed by atoms with Crippen molar-refractivity contribution in [2.45, 2.75) is 24.7 Å². The van der Waals surface area contributed by atoms with Crippen molar-refractivity contribution in [3.8, 4) is 11.1 Å². The predicted molar refractivity (Wildman–Crippen MR) is 120 cm³/mol. The molecule has 5 rings (SSSR count). The van der Waals surface area contributed by atoms with E-state index in [-0.39, 0.29) is 5.56 Å². The van der Waals surface area contributed by atoms with Crippen LogP contribution in [0.1, 0.15) is 19.8 Å². The van der Waals surface area contributed by atoms with Gasteiger partial charge in [-0.05, 0) is 36.4 Å². The van der Waals surface area contributed by atoms with E-state index in [0.29, 0.717) is 10.9 Å². The first-order chi connectivity index (χ1) is 14.1. The molecule has 29 heavy (non-hydrogen) atoms. The summed E-state index contributed by atoms with van der Waals surface area (Å²) < 4.78 is 7.14. The molecule has 2 fully saturated rings. The Morgan fingerprint density at radius 1 is 1.21 bits per heavy atom. The fraction of sp³-hybridized carbons (Fsp3) is 0.435. The molecule has 0 atom stereocenters. The van der Waals surface area contributed by atoms with Crippen LogP contribution < -0.4 is 10.5 Å². The number of aromatic amines is 1. The van der Waals surface area contributed by atoms with Gasteiger partial charge in [-0.1, -0.05) is 13.3 Å². The maximum absolute atomic E-state index is 12.5. The van der Waals surface area contributed by atoms with Crippen molar-refractivity contribution in [1.29, 1.82) is 0 Å². The van der Waals surface area contributed by atoms with Crippen molar-refractivity contribution in [1.82, 2.24) is 9.55 Å². The Hall–Kier alpha value is -2.18. The lowest BCUT2D eigenvalue weighted by atomic mass is 9.77. The minimum absolute atomic E-state index is 0.0123. The maximum atomic E-state index is 12.5. The first-order valence-corrected chi connectivity index (χ1v) is 11.4. The average molecular weight is 410 g/mol. The molecule has 0 radical (unpaired) electrons. The first-order valence-electron chi connectivity index (χ1n) is 10.4. The predicted octanol–water partition coefficient (Wildman–Crippen LogP) is 4.26. The van der Waals surface area contributed by atoms with E-state index in [2.05, 4.69) is 35.0 Å². The van der Waals surface area contributed by atoms with Crippen molar-refractivity contribution in [2.24, 2.45) is 12.5 Å². The van der Waals surface area contributed by atoms with Gasteiger partial charge in [0.05, 0.1) is 18.6 Å². The number of hydrogen-bond donors (Lipinski definition) is 1. The fourth-order valence-electron chi connectivity index (χ4n) is 4.42. The van der Waals surface area contributed by atoms with E-state index in [0.717, 1.165) is 43.0 Å². The Morgan fingerprint density at radius 3 is 2.76 bits per heavy atom. The van der Waals surface area contributed by atoms with Crippen molar-refractivity contribution < 1.29 is 4.74 Å². The number of rotatable bonds is 6. The Labute approximate surface area is 175 Å². The third-order valence-electron chi connectivity index (χ3n) is 6.13. The topological polar surface area (TPSA) is 50.3 Å². The number of thioether (sulfide) groups is 1. The van der Waals surface area contributed by atoms with Crippen LogP contribution >= 0.6 is 11.8 Å². The fourth-order valence-corrected chi connectivity index (χ4v) is 5.46. The summed E-state index contributed by atoms with van der Waals surface area (Å²) in [5.74, 6) is 1.13. The van der Waals surface area contributed by atoms with Crippen LogP contribution in [0, 0.1) is 5.41 Å². The van der Waals surface area contributed by atoms with E-state index in [1.54, 1.807) is 4.57 Å². The molecule has 2 aliphatic heterocycles. The molecule has 152 valence electrons. The highest BCUT2D eigenvalue weighted by atomic mass is 32.2. The highest BCUT2D eigenvalue weighted by molar-refractivity contribution is 7.99. The van der Waals surface area contributed by atoms with E-state index >= 15 is 0 Å². The van der Waals surface area contributed by atoms with Gasteiger partial charge in [0.2, 0.25) is 0 Å². The average Bonchev–Trinajstić information content (AvgIpc) is 3.13. The van der Waals surface area contributed by atoms with E-state index in [9.17, 15) is 4.79 Å². The molecule has 1 N–H and O–H groups in total. The van der Waals surface area contributed by atoms with Gasteiger partial charge in [0.25, 0.3) is 5.56 Å². The smallest absolute Gasteiger partial charge is 0.274 e. The third kappa shape index (κ3) is 3.19. The quantitative estimate of drug-likeness (QED) is 0.488. The molecule has 0 amide bonds. The van der Waals surface area contributed by atoms with E-state index in [1.807, 2.05) is 37.3 Å². The van der Waals surface area contributed by atoms with Crippen LogP contribution in [-0.4, -0.2) is 41.6 Å². The highest BCUT2D eigenvalue weighted by Crippen LogP contribution is 2.45. The molecule has 5 nitrogen and oxygen atoms in total. The number of fused-ring (bicyclic) bond motifs is 1. The largest absolute Gasteiger partial charge is 0.380 e.